The Kier molecular flexibility index (Phi) is 5.28. The first-order valence-electron chi connectivity index (χ1n) is 7.72. The largest absolute Gasteiger partial charge is 0.497 e. The van der Waals surface area contributed by atoms with Crippen LogP contribution < -0.4 is 10.1 Å². The van der Waals surface area contributed by atoms with Gasteiger partial charge in [0.05, 0.1) is 24.7 Å². The van der Waals surface area contributed by atoms with Crippen LogP contribution in [0.3, 0.4) is 0 Å². The van der Waals surface area contributed by atoms with Gasteiger partial charge in [-0.3, -0.25) is 4.79 Å². The molecule has 0 saturated heterocycles. The van der Waals surface area contributed by atoms with E-state index in [0.717, 1.165) is 34.0 Å². The number of carbonyl (C=O) groups excluding carboxylic acids is 1. The highest BCUT2D eigenvalue weighted by atomic mass is 32.1. The number of hydrogen-bond acceptors (Lipinski definition) is 4. The zero-order chi connectivity index (χ0) is 16.8. The van der Waals surface area contributed by atoms with Gasteiger partial charge in [0.25, 0.3) is 0 Å². The molecule has 5 nitrogen and oxygen atoms in total. The van der Waals surface area contributed by atoms with Crippen molar-refractivity contribution in [1.29, 1.82) is 0 Å². The lowest BCUT2D eigenvalue weighted by Crippen LogP contribution is -2.27. The summed E-state index contributed by atoms with van der Waals surface area (Å²) < 4.78 is 5.11. The number of methoxy groups -OCH3 is 1. The molecular weight excluding hydrogens is 322 g/mol. The van der Waals surface area contributed by atoms with Crippen LogP contribution in [0.5, 0.6) is 5.75 Å². The maximum absolute atomic E-state index is 12.0. The molecule has 0 spiro atoms. The lowest BCUT2D eigenvalue weighted by molar-refractivity contribution is -0.120. The molecular formula is C18H19N3O2S. The normalized spacial score (nSPS) is 10.5. The Balaban J connectivity index is 1.49. The van der Waals surface area contributed by atoms with Gasteiger partial charge in [-0.15, -0.1) is 11.3 Å². The highest BCUT2D eigenvalue weighted by molar-refractivity contribution is 7.13. The number of nitrogens with one attached hydrogen (secondary N) is 2. The fourth-order valence-electron chi connectivity index (χ4n) is 2.46. The second-order valence-corrected chi connectivity index (χ2v) is 6.28. The number of amides is 1. The molecule has 124 valence electrons. The summed E-state index contributed by atoms with van der Waals surface area (Å²) in [6.07, 6.45) is 2.79. The molecule has 2 heterocycles. The first kappa shape index (κ1) is 16.3. The van der Waals surface area contributed by atoms with E-state index < -0.39 is 0 Å². The van der Waals surface area contributed by atoms with Crippen LogP contribution in [0.4, 0.5) is 0 Å². The fraction of sp³-hybridized carbons (Fsp3) is 0.222. The van der Waals surface area contributed by atoms with Gasteiger partial charge in [-0.05, 0) is 29.1 Å². The Morgan fingerprint density at radius 2 is 2.12 bits per heavy atom. The molecule has 1 amide bonds. The Hall–Kier alpha value is -2.60. The van der Waals surface area contributed by atoms with E-state index in [1.54, 1.807) is 24.8 Å². The van der Waals surface area contributed by atoms with Gasteiger partial charge in [0.1, 0.15) is 11.4 Å². The predicted molar refractivity (Wildman–Crippen MR) is 95.3 cm³/mol. The molecule has 1 aromatic carbocycles. The van der Waals surface area contributed by atoms with E-state index >= 15 is 0 Å². The number of H-pyrrole nitrogens is 1. The first-order chi connectivity index (χ1) is 11.8. The van der Waals surface area contributed by atoms with Crippen molar-refractivity contribution in [3.05, 3.63) is 59.4 Å². The maximum Gasteiger partial charge on any atom is 0.224 e. The molecule has 0 radical (unpaired) electrons. The number of aromatic amines is 1. The third-order valence-electron chi connectivity index (χ3n) is 3.69. The number of ether oxygens (including phenoxy) is 1. The molecule has 3 rings (SSSR count). The van der Waals surface area contributed by atoms with E-state index in [1.807, 2.05) is 41.8 Å². The van der Waals surface area contributed by atoms with Gasteiger partial charge in [0.2, 0.25) is 5.91 Å². The van der Waals surface area contributed by atoms with Crippen LogP contribution in [0.15, 0.2) is 48.1 Å². The van der Waals surface area contributed by atoms with Gasteiger partial charge in [-0.25, -0.2) is 4.98 Å². The van der Waals surface area contributed by atoms with Gasteiger partial charge in [-0.2, -0.15) is 0 Å². The molecule has 6 heteroatoms. The molecule has 3 aromatic rings. The van der Waals surface area contributed by atoms with Gasteiger partial charge in [-0.1, -0.05) is 18.2 Å². The predicted octanol–water partition coefficient (Wildman–Crippen LogP) is 3.05. The van der Waals surface area contributed by atoms with E-state index in [9.17, 15) is 4.79 Å². The SMILES string of the molecule is COc1ccc(CC(=O)NCCc2[nH]cnc2-c2cccs2)cc1. The maximum atomic E-state index is 12.0. The van der Waals surface area contributed by atoms with Crippen LogP contribution in [0.25, 0.3) is 10.6 Å². The molecule has 0 bridgehead atoms. The number of thiophene rings is 1. The second kappa shape index (κ2) is 7.79. The highest BCUT2D eigenvalue weighted by Crippen LogP contribution is 2.25. The van der Waals surface area contributed by atoms with Gasteiger partial charge in [0.15, 0.2) is 0 Å². The van der Waals surface area contributed by atoms with Crippen molar-refractivity contribution in [2.24, 2.45) is 0 Å². The second-order valence-electron chi connectivity index (χ2n) is 5.33. The molecule has 0 atom stereocenters. The average Bonchev–Trinajstić information content (AvgIpc) is 3.26. The van der Waals surface area contributed by atoms with Crippen molar-refractivity contribution in [1.82, 2.24) is 15.3 Å². The summed E-state index contributed by atoms with van der Waals surface area (Å²) in [5.41, 5.74) is 2.98. The summed E-state index contributed by atoms with van der Waals surface area (Å²) in [7, 11) is 1.63. The standard InChI is InChI=1S/C18H19N3O2S/c1-23-14-6-4-13(5-7-14)11-17(22)19-9-8-15-18(21-12-20-15)16-3-2-10-24-16/h2-7,10,12H,8-9,11H2,1H3,(H,19,22)(H,20,21). The van der Waals surface area contributed by atoms with Crippen LogP contribution in [-0.4, -0.2) is 29.5 Å². The summed E-state index contributed by atoms with van der Waals surface area (Å²) in [4.78, 5) is 20.7. The third-order valence-corrected chi connectivity index (χ3v) is 4.57. The molecule has 0 fully saturated rings. The first-order valence-corrected chi connectivity index (χ1v) is 8.60. The molecule has 0 saturated carbocycles. The monoisotopic (exact) mass is 341 g/mol. The van der Waals surface area contributed by atoms with E-state index in [1.165, 1.54) is 0 Å². The minimum atomic E-state index is 0.0114. The number of rotatable bonds is 7. The van der Waals surface area contributed by atoms with Gasteiger partial charge < -0.3 is 15.0 Å². The van der Waals surface area contributed by atoms with Crippen molar-refractivity contribution in [2.45, 2.75) is 12.8 Å². The van der Waals surface area contributed by atoms with E-state index in [-0.39, 0.29) is 5.91 Å². The van der Waals surface area contributed by atoms with Crippen LogP contribution in [0, 0.1) is 0 Å². The van der Waals surface area contributed by atoms with Crippen LogP contribution in [0.2, 0.25) is 0 Å². The van der Waals surface area contributed by atoms with Crippen molar-refractivity contribution in [3.63, 3.8) is 0 Å². The quantitative estimate of drug-likeness (QED) is 0.694. The molecule has 0 unspecified atom stereocenters. The Bertz CT molecular complexity index is 779. The average molecular weight is 341 g/mol. The molecule has 2 aromatic heterocycles. The van der Waals surface area contributed by atoms with Crippen molar-refractivity contribution >= 4 is 17.2 Å². The number of carbonyl (C=O) groups is 1. The molecule has 0 aliphatic heterocycles. The molecule has 0 aliphatic rings. The smallest absolute Gasteiger partial charge is 0.224 e. The Morgan fingerprint density at radius 3 is 2.83 bits per heavy atom. The number of hydrogen-bond donors (Lipinski definition) is 2. The summed E-state index contributed by atoms with van der Waals surface area (Å²) in [6.45, 7) is 0.579. The van der Waals surface area contributed by atoms with Crippen LogP contribution in [0.1, 0.15) is 11.3 Å². The van der Waals surface area contributed by atoms with Gasteiger partial charge in [0, 0.05) is 18.7 Å². The summed E-state index contributed by atoms with van der Waals surface area (Å²) in [5, 5.41) is 4.99. The fourth-order valence-corrected chi connectivity index (χ4v) is 3.20. The topological polar surface area (TPSA) is 67.0 Å². The zero-order valence-electron chi connectivity index (χ0n) is 13.4. The highest BCUT2D eigenvalue weighted by Gasteiger charge is 2.10. The molecule has 24 heavy (non-hydrogen) atoms. The Morgan fingerprint density at radius 1 is 1.29 bits per heavy atom. The zero-order valence-corrected chi connectivity index (χ0v) is 14.2. The lowest BCUT2D eigenvalue weighted by Gasteiger charge is -2.06. The number of nitrogens with zero attached hydrogens (tertiary/aromatic N) is 1. The lowest BCUT2D eigenvalue weighted by atomic mass is 10.1. The summed E-state index contributed by atoms with van der Waals surface area (Å²) >= 11 is 1.66. The van der Waals surface area contributed by atoms with Gasteiger partial charge >= 0.3 is 0 Å². The van der Waals surface area contributed by atoms with Crippen LogP contribution >= 0.6 is 11.3 Å². The third kappa shape index (κ3) is 4.02. The minimum Gasteiger partial charge on any atom is -0.497 e. The van der Waals surface area contributed by atoms with Crippen molar-refractivity contribution in [3.8, 4) is 16.3 Å². The van der Waals surface area contributed by atoms with Crippen molar-refractivity contribution in [2.75, 3.05) is 13.7 Å². The molecule has 2 N–H and O–H groups in total. The molecule has 0 aliphatic carbocycles. The summed E-state index contributed by atoms with van der Waals surface area (Å²) in [6, 6.07) is 11.6. The number of aromatic nitrogens is 2. The Labute approximate surface area is 144 Å². The van der Waals surface area contributed by atoms with E-state index in [4.69, 9.17) is 4.74 Å². The number of benzene rings is 1. The van der Waals surface area contributed by atoms with Crippen molar-refractivity contribution < 1.29 is 9.53 Å². The minimum absolute atomic E-state index is 0.0114. The van der Waals surface area contributed by atoms with E-state index in [0.29, 0.717) is 13.0 Å². The van der Waals surface area contributed by atoms with Crippen LogP contribution in [-0.2, 0) is 17.6 Å². The number of imidazole rings is 1. The van der Waals surface area contributed by atoms with E-state index in [2.05, 4.69) is 15.3 Å². The summed E-state index contributed by atoms with van der Waals surface area (Å²) in [5.74, 6) is 0.803.